The number of aliphatic imine (C=N–C) groups is 1. The maximum Gasteiger partial charge on any atom is 0.0881 e. The zero-order valence-corrected chi connectivity index (χ0v) is 13.3. The number of benzene rings is 1. The zero-order valence-electron chi connectivity index (χ0n) is 12.5. The second-order valence-corrected chi connectivity index (χ2v) is 5.48. The van der Waals surface area contributed by atoms with Gasteiger partial charge in [0.2, 0.25) is 0 Å². The molecule has 4 nitrogen and oxygen atoms in total. The van der Waals surface area contributed by atoms with Gasteiger partial charge in [-0.05, 0) is 42.5 Å². The summed E-state index contributed by atoms with van der Waals surface area (Å²) in [6, 6.07) is 8.20. The standard InChI is InChI=1S/C16H24N4S/c1-13(17)6-7-14-4-3-5-15(10-14)16(18)11-21-12-20-9-8-19-2/h3-5,9-11,19H,1,6-8,12,17-18H2,2H3/b16-11-,20-9+. The van der Waals surface area contributed by atoms with Gasteiger partial charge in [-0.15, -0.1) is 11.8 Å². The van der Waals surface area contributed by atoms with Crippen molar-refractivity contribution in [3.63, 3.8) is 0 Å². The molecule has 0 saturated carbocycles. The summed E-state index contributed by atoms with van der Waals surface area (Å²) in [5.74, 6) is 0.676. The Kier molecular flexibility index (Phi) is 8.31. The van der Waals surface area contributed by atoms with E-state index in [0.29, 0.717) is 11.6 Å². The molecule has 0 fully saturated rings. The predicted octanol–water partition coefficient (Wildman–Crippen LogP) is 2.33. The van der Waals surface area contributed by atoms with E-state index in [1.54, 1.807) is 11.8 Å². The van der Waals surface area contributed by atoms with Crippen molar-refractivity contribution >= 4 is 23.7 Å². The van der Waals surface area contributed by atoms with Crippen LogP contribution in [0.1, 0.15) is 17.5 Å². The fourth-order valence-electron chi connectivity index (χ4n) is 1.66. The Morgan fingerprint density at radius 1 is 1.43 bits per heavy atom. The minimum atomic E-state index is 0.676. The summed E-state index contributed by atoms with van der Waals surface area (Å²) in [4.78, 5) is 4.24. The lowest BCUT2D eigenvalue weighted by atomic mass is 10.0. The number of aryl methyl sites for hydroxylation is 1. The summed E-state index contributed by atoms with van der Waals surface area (Å²) in [6.07, 6.45) is 3.54. The van der Waals surface area contributed by atoms with E-state index >= 15 is 0 Å². The first-order valence-corrected chi connectivity index (χ1v) is 7.91. The summed E-state index contributed by atoms with van der Waals surface area (Å²) >= 11 is 1.58. The maximum atomic E-state index is 6.09. The van der Waals surface area contributed by atoms with Gasteiger partial charge in [-0.1, -0.05) is 24.8 Å². The summed E-state index contributed by atoms with van der Waals surface area (Å²) in [7, 11) is 1.89. The first kappa shape index (κ1) is 17.3. The Balaban J connectivity index is 2.54. The average Bonchev–Trinajstić information content (AvgIpc) is 2.48. The molecule has 0 radical (unpaired) electrons. The Hall–Kier alpha value is -1.72. The third-order valence-corrected chi connectivity index (χ3v) is 3.50. The third-order valence-electron chi connectivity index (χ3n) is 2.78. The summed E-state index contributed by atoms with van der Waals surface area (Å²) in [5, 5.41) is 4.95. The smallest absolute Gasteiger partial charge is 0.0881 e. The highest BCUT2D eigenvalue weighted by Crippen LogP contribution is 2.16. The maximum absolute atomic E-state index is 6.09. The third kappa shape index (κ3) is 7.58. The molecule has 5 N–H and O–H groups in total. The molecule has 0 spiro atoms. The highest BCUT2D eigenvalue weighted by molar-refractivity contribution is 8.02. The average molecular weight is 304 g/mol. The lowest BCUT2D eigenvalue weighted by Gasteiger charge is -2.06. The topological polar surface area (TPSA) is 76.4 Å². The number of nitrogens with one attached hydrogen (secondary N) is 1. The van der Waals surface area contributed by atoms with E-state index in [-0.39, 0.29) is 0 Å². The summed E-state index contributed by atoms with van der Waals surface area (Å²) in [5.41, 5.74) is 15.4. The minimum absolute atomic E-state index is 0.676. The van der Waals surface area contributed by atoms with Crippen molar-refractivity contribution < 1.29 is 0 Å². The highest BCUT2D eigenvalue weighted by atomic mass is 32.2. The van der Waals surface area contributed by atoms with E-state index in [0.717, 1.165) is 30.6 Å². The van der Waals surface area contributed by atoms with Crippen LogP contribution in [0.25, 0.3) is 5.70 Å². The first-order chi connectivity index (χ1) is 10.1. The van der Waals surface area contributed by atoms with Crippen molar-refractivity contribution in [3.8, 4) is 0 Å². The number of thioether (sulfide) groups is 1. The second-order valence-electron chi connectivity index (χ2n) is 4.65. The number of rotatable bonds is 9. The Bertz CT molecular complexity index is 509. The molecule has 5 heteroatoms. The molecule has 1 rings (SSSR count). The van der Waals surface area contributed by atoms with Crippen molar-refractivity contribution in [2.75, 3.05) is 19.5 Å². The van der Waals surface area contributed by atoms with Crippen LogP contribution < -0.4 is 16.8 Å². The van der Waals surface area contributed by atoms with Crippen LogP contribution in [0.4, 0.5) is 0 Å². The van der Waals surface area contributed by atoms with Gasteiger partial charge >= 0.3 is 0 Å². The Morgan fingerprint density at radius 3 is 2.95 bits per heavy atom. The molecule has 0 aliphatic heterocycles. The van der Waals surface area contributed by atoms with E-state index in [1.807, 2.05) is 30.8 Å². The first-order valence-electron chi connectivity index (χ1n) is 6.86. The Morgan fingerprint density at radius 2 is 2.24 bits per heavy atom. The van der Waals surface area contributed by atoms with Crippen LogP contribution in [0.15, 0.2) is 46.9 Å². The fourth-order valence-corrected chi connectivity index (χ4v) is 2.24. The molecule has 0 heterocycles. The van der Waals surface area contributed by atoms with Gasteiger partial charge in [-0.3, -0.25) is 4.99 Å². The highest BCUT2D eigenvalue weighted by Gasteiger charge is 1.99. The summed E-state index contributed by atoms with van der Waals surface area (Å²) < 4.78 is 0. The molecule has 0 unspecified atom stereocenters. The molecule has 0 amide bonds. The van der Waals surface area contributed by atoms with Gasteiger partial charge in [-0.25, -0.2) is 0 Å². The SMILES string of the molecule is C=C(N)CCc1cccc(/C(N)=C/SC/N=C/CNC)c1. The van der Waals surface area contributed by atoms with Crippen LogP contribution in [0, 0.1) is 0 Å². The minimum Gasteiger partial charge on any atom is -0.403 e. The van der Waals surface area contributed by atoms with Gasteiger partial charge in [0, 0.05) is 24.2 Å². The van der Waals surface area contributed by atoms with Crippen LogP contribution in [-0.4, -0.2) is 25.7 Å². The van der Waals surface area contributed by atoms with E-state index in [2.05, 4.69) is 29.0 Å². The van der Waals surface area contributed by atoms with Crippen molar-refractivity contribution in [2.24, 2.45) is 16.5 Å². The van der Waals surface area contributed by atoms with Gasteiger partial charge in [0.1, 0.15) is 0 Å². The van der Waals surface area contributed by atoms with E-state index in [1.165, 1.54) is 5.56 Å². The van der Waals surface area contributed by atoms with Crippen molar-refractivity contribution in [1.29, 1.82) is 0 Å². The number of hydrogen-bond acceptors (Lipinski definition) is 5. The quantitative estimate of drug-likeness (QED) is 0.483. The van der Waals surface area contributed by atoms with Gasteiger partial charge in [0.05, 0.1) is 5.88 Å². The molecule has 114 valence electrons. The van der Waals surface area contributed by atoms with Crippen molar-refractivity contribution in [2.45, 2.75) is 12.8 Å². The molecule has 0 aliphatic rings. The van der Waals surface area contributed by atoms with Crippen LogP contribution in [0.5, 0.6) is 0 Å². The lowest BCUT2D eigenvalue weighted by Crippen LogP contribution is -2.08. The molecule has 1 aromatic carbocycles. The molecular weight excluding hydrogens is 280 g/mol. The van der Waals surface area contributed by atoms with E-state index < -0.39 is 0 Å². The second kappa shape index (κ2) is 10.1. The zero-order chi connectivity index (χ0) is 15.5. The van der Waals surface area contributed by atoms with E-state index in [9.17, 15) is 0 Å². The van der Waals surface area contributed by atoms with Gasteiger partial charge in [0.25, 0.3) is 0 Å². The lowest BCUT2D eigenvalue weighted by molar-refractivity contribution is 0.931. The van der Waals surface area contributed by atoms with Crippen molar-refractivity contribution in [3.05, 3.63) is 53.1 Å². The van der Waals surface area contributed by atoms with Gasteiger partial charge in [0.15, 0.2) is 0 Å². The van der Waals surface area contributed by atoms with E-state index in [4.69, 9.17) is 11.5 Å². The largest absolute Gasteiger partial charge is 0.403 e. The van der Waals surface area contributed by atoms with Crippen LogP contribution in [0.3, 0.4) is 0 Å². The number of allylic oxidation sites excluding steroid dienone is 1. The number of hydrogen-bond donors (Lipinski definition) is 3. The molecule has 1 aromatic rings. The molecule has 0 saturated heterocycles. The normalized spacial score (nSPS) is 12.0. The molecule has 21 heavy (non-hydrogen) atoms. The molecule has 0 atom stereocenters. The summed E-state index contributed by atoms with van der Waals surface area (Å²) in [6.45, 7) is 4.51. The molecule has 0 aromatic heterocycles. The fraction of sp³-hybridized carbons (Fsp3) is 0.312. The monoisotopic (exact) mass is 304 g/mol. The molecule has 0 bridgehead atoms. The van der Waals surface area contributed by atoms with Crippen molar-refractivity contribution in [1.82, 2.24) is 5.32 Å². The number of nitrogens with two attached hydrogens (primary N) is 2. The Labute approximate surface area is 131 Å². The van der Waals surface area contributed by atoms with Crippen LogP contribution >= 0.6 is 11.8 Å². The molecular formula is C16H24N4S. The number of nitrogens with zero attached hydrogens (tertiary/aromatic N) is 1. The van der Waals surface area contributed by atoms with Gasteiger partial charge < -0.3 is 16.8 Å². The molecule has 0 aliphatic carbocycles. The van der Waals surface area contributed by atoms with Crippen LogP contribution in [0.2, 0.25) is 0 Å². The van der Waals surface area contributed by atoms with Gasteiger partial charge in [-0.2, -0.15) is 0 Å². The van der Waals surface area contributed by atoms with Crippen LogP contribution in [-0.2, 0) is 6.42 Å². The predicted molar refractivity (Wildman–Crippen MR) is 95.1 cm³/mol.